The molecule has 0 spiro atoms. The summed E-state index contributed by atoms with van der Waals surface area (Å²) in [4.78, 5) is 0. The molecule has 2 nitrogen and oxygen atoms in total. The fraction of sp³-hybridized carbons (Fsp3) is 0.0108. The van der Waals surface area contributed by atoms with Crippen molar-refractivity contribution in [2.75, 3.05) is 0 Å². The second kappa shape index (κ2) is 27.1. The van der Waals surface area contributed by atoms with Crippen LogP contribution in [0.5, 0.6) is 0 Å². The zero-order chi connectivity index (χ0) is 64.5. The van der Waals surface area contributed by atoms with E-state index in [1.165, 1.54) is 120 Å². The third kappa shape index (κ3) is 11.8. The van der Waals surface area contributed by atoms with Gasteiger partial charge in [0.2, 0.25) is 0 Å². The van der Waals surface area contributed by atoms with Crippen LogP contribution in [-0.2, 0) is 0 Å². The molecule has 0 aliphatic heterocycles. The van der Waals surface area contributed by atoms with Crippen LogP contribution in [0.2, 0.25) is 0 Å². The van der Waals surface area contributed by atoms with Crippen LogP contribution in [0.15, 0.2) is 368 Å². The minimum Gasteiger partial charge on any atom is -0.423 e. The zero-order valence-corrected chi connectivity index (χ0v) is 54.1. The lowest BCUT2D eigenvalue weighted by atomic mass is 9.72. The molecule has 0 atom stereocenters. The van der Waals surface area contributed by atoms with Gasteiger partial charge < -0.3 is 10.0 Å². The zero-order valence-electron chi connectivity index (χ0n) is 52.5. The van der Waals surface area contributed by atoms with Crippen molar-refractivity contribution >= 4 is 115 Å². The van der Waals surface area contributed by atoms with E-state index in [0.29, 0.717) is 5.46 Å². The van der Waals surface area contributed by atoms with Gasteiger partial charge in [-0.3, -0.25) is 0 Å². The van der Waals surface area contributed by atoms with E-state index in [-0.39, 0.29) is 7.43 Å². The molecule has 0 bridgehead atoms. The number of fused-ring (bicyclic) bond motifs is 10. The van der Waals surface area contributed by atoms with Crippen molar-refractivity contribution in [3.05, 3.63) is 368 Å². The first kappa shape index (κ1) is 61.7. The van der Waals surface area contributed by atoms with Crippen LogP contribution in [0.1, 0.15) is 7.43 Å². The SMILES string of the molecule is Brc1cccc(-c2ccc3ccc4ccccc4c3c2)c1.C.OB(O)c1c2ccccc2c(-c2ccccc2-c2ccccc2)c2ccccc12.c1ccc(-c2ccccc2-c2c3ccccc3c(-c3cccc(-c4ccc5ccc6ccccc6c5c4)c3)c3ccccc23)cc1. The van der Waals surface area contributed by atoms with Crippen LogP contribution in [0.3, 0.4) is 0 Å². The van der Waals surface area contributed by atoms with E-state index in [1.54, 1.807) is 0 Å². The second-order valence-corrected chi connectivity index (χ2v) is 25.4. The molecular weight excluding hydrogens is 1240 g/mol. The Labute approximate surface area is 574 Å². The Morgan fingerprint density at radius 2 is 0.485 bits per heavy atom. The second-order valence-electron chi connectivity index (χ2n) is 24.5. The molecule has 97 heavy (non-hydrogen) atoms. The van der Waals surface area contributed by atoms with E-state index in [0.717, 1.165) is 48.3 Å². The van der Waals surface area contributed by atoms with Crippen molar-refractivity contribution in [2.24, 2.45) is 0 Å². The molecular formula is C93H66BBrO2. The van der Waals surface area contributed by atoms with E-state index in [9.17, 15) is 10.0 Å². The summed E-state index contributed by atoms with van der Waals surface area (Å²) in [5.41, 5.74) is 17.6. The molecule has 460 valence electrons. The molecule has 18 aromatic carbocycles. The Kier molecular flexibility index (Phi) is 17.2. The quantitative estimate of drug-likeness (QED) is 0.0904. The van der Waals surface area contributed by atoms with Crippen LogP contribution in [0.4, 0.5) is 0 Å². The highest BCUT2D eigenvalue weighted by Crippen LogP contribution is 2.47. The maximum Gasteiger partial charge on any atom is 0.489 e. The molecule has 2 N–H and O–H groups in total. The molecule has 0 fully saturated rings. The van der Waals surface area contributed by atoms with Gasteiger partial charge in [0.05, 0.1) is 0 Å². The van der Waals surface area contributed by atoms with E-state index < -0.39 is 7.12 Å². The highest BCUT2D eigenvalue weighted by molar-refractivity contribution is 9.10. The lowest BCUT2D eigenvalue weighted by Crippen LogP contribution is -2.31. The summed E-state index contributed by atoms with van der Waals surface area (Å²) >= 11 is 3.55. The molecule has 18 aromatic rings. The number of hydrogen-bond donors (Lipinski definition) is 2. The molecule has 0 unspecified atom stereocenters. The van der Waals surface area contributed by atoms with Crippen LogP contribution < -0.4 is 5.46 Å². The average molecular weight is 1310 g/mol. The molecule has 0 saturated carbocycles. The number of hydrogen-bond acceptors (Lipinski definition) is 2. The fourth-order valence-electron chi connectivity index (χ4n) is 14.5. The smallest absolute Gasteiger partial charge is 0.423 e. The van der Waals surface area contributed by atoms with E-state index in [1.807, 2.05) is 54.6 Å². The summed E-state index contributed by atoms with van der Waals surface area (Å²) < 4.78 is 1.11. The largest absolute Gasteiger partial charge is 0.489 e. The maximum absolute atomic E-state index is 10.2. The Morgan fingerprint density at radius 1 is 0.196 bits per heavy atom. The predicted octanol–water partition coefficient (Wildman–Crippen LogP) is 25.0. The van der Waals surface area contributed by atoms with Crippen molar-refractivity contribution in [1.29, 1.82) is 0 Å². The number of halogens is 1. The van der Waals surface area contributed by atoms with Crippen molar-refractivity contribution in [1.82, 2.24) is 0 Å². The van der Waals surface area contributed by atoms with Gasteiger partial charge in [-0.15, -0.1) is 0 Å². The third-order valence-electron chi connectivity index (χ3n) is 18.9. The fourth-order valence-corrected chi connectivity index (χ4v) is 14.9. The monoisotopic (exact) mass is 1300 g/mol. The Bertz CT molecular complexity index is 5850. The normalized spacial score (nSPS) is 11.2. The molecule has 18 rings (SSSR count). The number of benzene rings is 18. The van der Waals surface area contributed by atoms with E-state index in [2.05, 4.69) is 325 Å². The minimum absolute atomic E-state index is 0. The summed E-state index contributed by atoms with van der Waals surface area (Å²) in [6.07, 6.45) is 0. The van der Waals surface area contributed by atoms with Gasteiger partial charge in [0.25, 0.3) is 0 Å². The molecule has 0 heterocycles. The van der Waals surface area contributed by atoms with Crippen molar-refractivity contribution in [3.63, 3.8) is 0 Å². The summed E-state index contributed by atoms with van der Waals surface area (Å²) in [5, 5.41) is 39.5. The van der Waals surface area contributed by atoms with E-state index in [4.69, 9.17) is 0 Å². The average Bonchev–Trinajstić information content (AvgIpc) is 0.738. The van der Waals surface area contributed by atoms with Gasteiger partial charge in [-0.2, -0.15) is 0 Å². The maximum atomic E-state index is 10.2. The third-order valence-corrected chi connectivity index (χ3v) is 19.4. The van der Waals surface area contributed by atoms with Gasteiger partial charge in [-0.25, -0.2) is 0 Å². The highest BCUT2D eigenvalue weighted by atomic mass is 79.9. The molecule has 0 aliphatic carbocycles. The van der Waals surface area contributed by atoms with Crippen LogP contribution in [0, 0.1) is 0 Å². The van der Waals surface area contributed by atoms with Crippen molar-refractivity contribution in [3.8, 4) is 77.9 Å². The Morgan fingerprint density at radius 3 is 0.907 bits per heavy atom. The summed E-state index contributed by atoms with van der Waals surface area (Å²) in [7, 11) is -1.54. The first-order valence-electron chi connectivity index (χ1n) is 32.6. The van der Waals surface area contributed by atoms with Crippen molar-refractivity contribution < 1.29 is 10.0 Å². The molecule has 0 saturated heterocycles. The minimum atomic E-state index is -1.54. The Balaban J connectivity index is 0.000000129. The van der Waals surface area contributed by atoms with Gasteiger partial charge in [0.1, 0.15) is 0 Å². The topological polar surface area (TPSA) is 40.5 Å². The molecule has 0 aliphatic rings. The summed E-state index contributed by atoms with van der Waals surface area (Å²) in [6.45, 7) is 0. The molecule has 0 aromatic heterocycles. The summed E-state index contributed by atoms with van der Waals surface area (Å²) in [6, 6.07) is 129. The van der Waals surface area contributed by atoms with Gasteiger partial charge in [0.15, 0.2) is 0 Å². The van der Waals surface area contributed by atoms with Crippen LogP contribution in [0.25, 0.3) is 164 Å². The molecule has 4 heteroatoms. The summed E-state index contributed by atoms with van der Waals surface area (Å²) in [5.74, 6) is 0. The van der Waals surface area contributed by atoms with Crippen molar-refractivity contribution in [2.45, 2.75) is 7.43 Å². The first-order chi connectivity index (χ1) is 47.4. The van der Waals surface area contributed by atoms with Gasteiger partial charge in [-0.1, -0.05) is 357 Å². The van der Waals surface area contributed by atoms with Gasteiger partial charge in [-0.05, 0) is 200 Å². The standard InChI is InChI=1S/C46H30.C26H19BO2.C20H13Br.CH4/c1-2-13-31(14-3-1)37-18-6-7-20-39(37)46-42-23-10-8-21-40(42)45(41-22-9-11-24-43(41)46)36-17-12-16-34(29-36)35-28-27-33-26-25-32-15-4-5-19-38(32)44(33)30-35;28-27(29)26-23-16-8-6-14-21(23)25(22-15-7-9-17-24(22)26)20-13-5-4-12-19(20)18-10-2-1-3-11-18;21-18-6-3-5-16(12-18)17-11-10-15-9-8-14-4-1-2-7-19(14)20(15)13-17;/h1-30H;1-17,28-29H;1-13H;1H4. The predicted molar refractivity (Wildman–Crippen MR) is 422 cm³/mol. The lowest BCUT2D eigenvalue weighted by molar-refractivity contribution is 0.426. The number of rotatable bonds is 8. The van der Waals surface area contributed by atoms with Crippen LogP contribution >= 0.6 is 15.9 Å². The molecule has 0 amide bonds. The highest BCUT2D eigenvalue weighted by Gasteiger charge is 2.24. The van der Waals surface area contributed by atoms with Crippen LogP contribution in [-0.4, -0.2) is 17.2 Å². The molecule has 0 radical (unpaired) electrons. The first-order valence-corrected chi connectivity index (χ1v) is 33.4. The Hall–Kier alpha value is -11.5. The van der Waals surface area contributed by atoms with Gasteiger partial charge >= 0.3 is 7.12 Å². The van der Waals surface area contributed by atoms with Gasteiger partial charge in [0, 0.05) is 4.47 Å². The lowest BCUT2D eigenvalue weighted by Gasteiger charge is -2.20. The van der Waals surface area contributed by atoms with E-state index >= 15 is 0 Å².